The van der Waals surface area contributed by atoms with E-state index in [0.29, 0.717) is 37.1 Å². The van der Waals surface area contributed by atoms with Crippen molar-refractivity contribution in [1.29, 1.82) is 5.26 Å². The lowest BCUT2D eigenvalue weighted by molar-refractivity contribution is 0.0880. The van der Waals surface area contributed by atoms with E-state index < -0.39 is 5.41 Å². The van der Waals surface area contributed by atoms with Crippen molar-refractivity contribution < 1.29 is 9.59 Å². The maximum Gasteiger partial charge on any atom is 0.261 e. The molecule has 0 aromatic heterocycles. The number of nitrogens with one attached hydrogen (secondary N) is 1. The molecule has 4 rings (SSSR count). The van der Waals surface area contributed by atoms with Gasteiger partial charge in [0, 0.05) is 13.1 Å². The van der Waals surface area contributed by atoms with Gasteiger partial charge in [-0.05, 0) is 36.5 Å². The topological polar surface area (TPSA) is 73.2 Å². The fourth-order valence-electron chi connectivity index (χ4n) is 4.45. The van der Waals surface area contributed by atoms with Gasteiger partial charge in [0.25, 0.3) is 11.8 Å². The van der Waals surface area contributed by atoms with Crippen LogP contribution in [-0.2, 0) is 11.8 Å². The van der Waals surface area contributed by atoms with E-state index in [9.17, 15) is 14.9 Å². The van der Waals surface area contributed by atoms with Crippen LogP contribution in [0.15, 0.2) is 42.5 Å². The molecule has 2 aromatic carbocycles. The lowest BCUT2D eigenvalue weighted by Gasteiger charge is -2.40. The number of carbonyl (C=O) groups is 2. The number of aryl methyl sites for hydroxylation is 1. The summed E-state index contributed by atoms with van der Waals surface area (Å²) in [6.07, 6.45) is 3.20. The zero-order chi connectivity index (χ0) is 19.7. The van der Waals surface area contributed by atoms with Gasteiger partial charge < -0.3 is 4.90 Å². The summed E-state index contributed by atoms with van der Waals surface area (Å²) >= 11 is 0. The Morgan fingerprint density at radius 1 is 1.07 bits per heavy atom. The second kappa shape index (κ2) is 7.12. The second-order valence-electron chi connectivity index (χ2n) is 7.58. The standard InChI is InChI=1S/C23H23N3O2/c1-2-6-16-9-10-18-19(22(28)25-21(18)27)20(16)26-13-11-23(15-24,12-14-26)17-7-4-3-5-8-17/h3-5,7-10H,2,6,11-14H2,1H3,(H,25,27,28). The number of carbonyl (C=O) groups excluding carboxylic acids is 2. The minimum Gasteiger partial charge on any atom is -0.371 e. The van der Waals surface area contributed by atoms with E-state index >= 15 is 0 Å². The number of nitriles is 1. The highest BCUT2D eigenvalue weighted by molar-refractivity contribution is 6.24. The highest BCUT2D eigenvalue weighted by Crippen LogP contribution is 2.39. The molecule has 1 N–H and O–H groups in total. The van der Waals surface area contributed by atoms with Gasteiger partial charge in [0.05, 0.1) is 28.3 Å². The van der Waals surface area contributed by atoms with Crippen molar-refractivity contribution in [1.82, 2.24) is 5.32 Å². The first-order valence-electron chi connectivity index (χ1n) is 9.83. The summed E-state index contributed by atoms with van der Waals surface area (Å²) in [6, 6.07) is 16.2. The molecule has 0 unspecified atom stereocenters. The third-order valence-electron chi connectivity index (χ3n) is 5.95. The van der Waals surface area contributed by atoms with Crippen molar-refractivity contribution in [2.75, 3.05) is 18.0 Å². The average Bonchev–Trinajstić information content (AvgIpc) is 3.03. The molecule has 0 atom stereocenters. The lowest BCUT2D eigenvalue weighted by Crippen LogP contribution is -2.43. The molecule has 142 valence electrons. The number of hydrogen-bond donors (Lipinski definition) is 1. The molecule has 0 saturated carbocycles. The minimum atomic E-state index is -0.501. The predicted octanol–water partition coefficient (Wildman–Crippen LogP) is 3.58. The minimum absolute atomic E-state index is 0.312. The number of anilines is 1. The van der Waals surface area contributed by atoms with E-state index in [0.717, 1.165) is 29.7 Å². The lowest BCUT2D eigenvalue weighted by atomic mass is 9.74. The van der Waals surface area contributed by atoms with E-state index in [1.165, 1.54) is 0 Å². The number of amides is 2. The van der Waals surface area contributed by atoms with Crippen LogP contribution >= 0.6 is 0 Å². The molecule has 0 spiro atoms. The molecule has 1 fully saturated rings. The monoisotopic (exact) mass is 373 g/mol. The normalized spacial score (nSPS) is 17.8. The summed E-state index contributed by atoms with van der Waals surface area (Å²) in [6.45, 7) is 3.46. The summed E-state index contributed by atoms with van der Waals surface area (Å²) in [5.41, 5.74) is 3.48. The van der Waals surface area contributed by atoms with Crippen molar-refractivity contribution in [2.45, 2.75) is 38.0 Å². The SMILES string of the molecule is CCCc1ccc2c(c1N1CCC(C#N)(c3ccccc3)CC1)C(=O)NC2=O. The van der Waals surface area contributed by atoms with E-state index in [4.69, 9.17) is 0 Å². The number of rotatable bonds is 4. The van der Waals surface area contributed by atoms with Crippen molar-refractivity contribution in [3.8, 4) is 6.07 Å². The third-order valence-corrected chi connectivity index (χ3v) is 5.95. The Kier molecular flexibility index (Phi) is 4.64. The van der Waals surface area contributed by atoms with Crippen LogP contribution in [-0.4, -0.2) is 24.9 Å². The molecule has 0 radical (unpaired) electrons. The van der Waals surface area contributed by atoms with Crippen LogP contribution in [0.4, 0.5) is 5.69 Å². The molecule has 0 aliphatic carbocycles. The Hall–Kier alpha value is -3.13. The highest BCUT2D eigenvalue weighted by atomic mass is 16.2. The van der Waals surface area contributed by atoms with Crippen LogP contribution in [0.1, 0.15) is 58.0 Å². The summed E-state index contributed by atoms with van der Waals surface area (Å²) in [5, 5.41) is 12.4. The molecule has 2 aliphatic rings. The zero-order valence-corrected chi connectivity index (χ0v) is 16.0. The molecular formula is C23H23N3O2. The Balaban J connectivity index is 1.70. The van der Waals surface area contributed by atoms with Crippen molar-refractivity contribution >= 4 is 17.5 Å². The summed E-state index contributed by atoms with van der Waals surface area (Å²) in [5.74, 6) is -0.634. The van der Waals surface area contributed by atoms with Gasteiger partial charge in [-0.3, -0.25) is 14.9 Å². The van der Waals surface area contributed by atoms with Gasteiger partial charge in [0.15, 0.2) is 0 Å². The Morgan fingerprint density at radius 3 is 2.43 bits per heavy atom. The van der Waals surface area contributed by atoms with Crippen LogP contribution in [0.5, 0.6) is 0 Å². The van der Waals surface area contributed by atoms with Gasteiger partial charge in [0.1, 0.15) is 0 Å². The predicted molar refractivity (Wildman–Crippen MR) is 107 cm³/mol. The Labute approximate surface area is 165 Å². The van der Waals surface area contributed by atoms with Gasteiger partial charge in [-0.15, -0.1) is 0 Å². The smallest absolute Gasteiger partial charge is 0.261 e. The van der Waals surface area contributed by atoms with Gasteiger partial charge >= 0.3 is 0 Å². The number of nitrogens with zero attached hydrogens (tertiary/aromatic N) is 2. The maximum absolute atomic E-state index is 12.5. The molecule has 28 heavy (non-hydrogen) atoms. The van der Waals surface area contributed by atoms with Crippen LogP contribution in [0.2, 0.25) is 0 Å². The first kappa shape index (κ1) is 18.2. The van der Waals surface area contributed by atoms with Crippen LogP contribution in [0.25, 0.3) is 0 Å². The van der Waals surface area contributed by atoms with Crippen molar-refractivity contribution in [2.24, 2.45) is 0 Å². The fraction of sp³-hybridized carbons (Fsp3) is 0.348. The maximum atomic E-state index is 12.5. The first-order chi connectivity index (χ1) is 13.6. The quantitative estimate of drug-likeness (QED) is 0.832. The Bertz CT molecular complexity index is 967. The molecule has 2 amide bonds. The second-order valence-corrected chi connectivity index (χ2v) is 7.58. The molecule has 0 bridgehead atoms. The fourth-order valence-corrected chi connectivity index (χ4v) is 4.45. The summed E-state index contributed by atoms with van der Waals surface area (Å²) in [4.78, 5) is 26.8. The van der Waals surface area contributed by atoms with E-state index in [1.807, 2.05) is 36.4 Å². The molecule has 2 aromatic rings. The number of fused-ring (bicyclic) bond motifs is 1. The van der Waals surface area contributed by atoms with Crippen molar-refractivity contribution in [3.05, 3.63) is 64.7 Å². The van der Waals surface area contributed by atoms with Crippen LogP contribution in [0.3, 0.4) is 0 Å². The molecule has 2 aliphatic heterocycles. The molecule has 5 heteroatoms. The van der Waals surface area contributed by atoms with Gasteiger partial charge in [-0.1, -0.05) is 49.7 Å². The van der Waals surface area contributed by atoms with Crippen molar-refractivity contribution in [3.63, 3.8) is 0 Å². The molecule has 5 nitrogen and oxygen atoms in total. The van der Waals surface area contributed by atoms with E-state index in [1.54, 1.807) is 6.07 Å². The van der Waals surface area contributed by atoms with Gasteiger partial charge in [-0.2, -0.15) is 5.26 Å². The van der Waals surface area contributed by atoms with Gasteiger partial charge in [0.2, 0.25) is 0 Å². The van der Waals surface area contributed by atoms with E-state index in [-0.39, 0.29) is 11.8 Å². The molecule has 1 saturated heterocycles. The Morgan fingerprint density at radius 2 is 1.79 bits per heavy atom. The number of piperidine rings is 1. The first-order valence-corrected chi connectivity index (χ1v) is 9.83. The molecule has 2 heterocycles. The van der Waals surface area contributed by atoms with Crippen LogP contribution < -0.4 is 10.2 Å². The molecular weight excluding hydrogens is 350 g/mol. The van der Waals surface area contributed by atoms with Gasteiger partial charge in [-0.25, -0.2) is 0 Å². The average molecular weight is 373 g/mol. The summed E-state index contributed by atoms with van der Waals surface area (Å²) < 4.78 is 0. The number of benzene rings is 2. The van der Waals surface area contributed by atoms with E-state index in [2.05, 4.69) is 23.2 Å². The largest absolute Gasteiger partial charge is 0.371 e. The number of hydrogen-bond acceptors (Lipinski definition) is 4. The zero-order valence-electron chi connectivity index (χ0n) is 16.0. The van der Waals surface area contributed by atoms with Crippen LogP contribution in [0, 0.1) is 11.3 Å². The highest BCUT2D eigenvalue weighted by Gasteiger charge is 2.39. The third kappa shape index (κ3) is 2.86. The summed E-state index contributed by atoms with van der Waals surface area (Å²) in [7, 11) is 0. The number of imide groups is 1.